The Morgan fingerprint density at radius 2 is 1.23 bits per heavy atom. The highest BCUT2D eigenvalue weighted by Crippen LogP contribution is 1.87. The van der Waals surface area contributed by atoms with Gasteiger partial charge in [0, 0.05) is 10.7 Å². The Hall–Kier alpha value is -0.160. The standard InChI is InChI=1S/C8H12Br2O3/c9-1-3-11-5-7-13-8-6-12-4-2-10/h5-8H,1-4H2. The van der Waals surface area contributed by atoms with Gasteiger partial charge in [-0.05, 0) is 0 Å². The van der Waals surface area contributed by atoms with Crippen LogP contribution in [0.4, 0.5) is 0 Å². The van der Waals surface area contributed by atoms with Gasteiger partial charge in [-0.2, -0.15) is 0 Å². The minimum atomic E-state index is 0.629. The molecule has 0 aliphatic heterocycles. The normalized spacial score (nSPS) is 10.9. The van der Waals surface area contributed by atoms with Crippen molar-refractivity contribution in [3.63, 3.8) is 0 Å². The lowest BCUT2D eigenvalue weighted by Gasteiger charge is -1.95. The van der Waals surface area contributed by atoms with Crippen LogP contribution in [0.15, 0.2) is 25.0 Å². The largest absolute Gasteiger partial charge is 0.497 e. The van der Waals surface area contributed by atoms with Crippen molar-refractivity contribution in [2.24, 2.45) is 0 Å². The Balaban J connectivity index is 3.13. The van der Waals surface area contributed by atoms with E-state index in [0.29, 0.717) is 13.2 Å². The number of hydrogen-bond donors (Lipinski definition) is 0. The maximum atomic E-state index is 4.98. The molecule has 0 aliphatic rings. The fourth-order valence-electron chi connectivity index (χ4n) is 0.413. The van der Waals surface area contributed by atoms with Crippen molar-refractivity contribution >= 4 is 31.9 Å². The molecule has 0 atom stereocenters. The number of alkyl halides is 2. The van der Waals surface area contributed by atoms with Crippen LogP contribution in [0.2, 0.25) is 0 Å². The van der Waals surface area contributed by atoms with Crippen LogP contribution in [-0.2, 0) is 14.2 Å². The van der Waals surface area contributed by atoms with E-state index in [1.807, 2.05) is 0 Å². The van der Waals surface area contributed by atoms with Gasteiger partial charge >= 0.3 is 0 Å². The average molecular weight is 316 g/mol. The van der Waals surface area contributed by atoms with Crippen LogP contribution >= 0.6 is 31.9 Å². The van der Waals surface area contributed by atoms with Gasteiger partial charge in [-0.1, -0.05) is 31.9 Å². The SMILES string of the molecule is BrCCOC=COC=COCCBr. The van der Waals surface area contributed by atoms with Crippen LogP contribution in [0.5, 0.6) is 0 Å². The predicted octanol–water partition coefficient (Wildman–Crippen LogP) is 2.77. The zero-order chi connectivity index (χ0) is 9.78. The summed E-state index contributed by atoms with van der Waals surface area (Å²) in [5.41, 5.74) is 0. The molecule has 0 aromatic carbocycles. The van der Waals surface area contributed by atoms with Crippen LogP contribution in [0.1, 0.15) is 0 Å². The van der Waals surface area contributed by atoms with Gasteiger partial charge in [0.25, 0.3) is 0 Å². The second-order valence-corrected chi connectivity index (χ2v) is 3.39. The Labute approximate surface area is 95.0 Å². The summed E-state index contributed by atoms with van der Waals surface area (Å²) in [5.74, 6) is 0. The molecule has 0 aromatic heterocycles. The molecule has 0 saturated heterocycles. The number of ether oxygens (including phenoxy) is 3. The minimum Gasteiger partial charge on any atom is -0.497 e. The predicted molar refractivity (Wildman–Crippen MR) is 58.9 cm³/mol. The van der Waals surface area contributed by atoms with Gasteiger partial charge in [0.15, 0.2) is 0 Å². The molecule has 0 bridgehead atoms. The maximum absolute atomic E-state index is 4.98. The average Bonchev–Trinajstić information content (AvgIpc) is 2.16. The molecule has 0 heterocycles. The maximum Gasteiger partial charge on any atom is 0.125 e. The lowest BCUT2D eigenvalue weighted by atomic mass is 10.8. The molecule has 76 valence electrons. The molecule has 5 heteroatoms. The number of rotatable bonds is 8. The van der Waals surface area contributed by atoms with E-state index in [9.17, 15) is 0 Å². The first-order valence-electron chi connectivity index (χ1n) is 3.72. The molecule has 0 amide bonds. The van der Waals surface area contributed by atoms with Crippen molar-refractivity contribution in [2.75, 3.05) is 23.9 Å². The van der Waals surface area contributed by atoms with Crippen LogP contribution in [-0.4, -0.2) is 23.9 Å². The molecule has 0 N–H and O–H groups in total. The molecule has 13 heavy (non-hydrogen) atoms. The van der Waals surface area contributed by atoms with Crippen molar-refractivity contribution in [1.29, 1.82) is 0 Å². The third-order valence-electron chi connectivity index (χ3n) is 0.851. The quantitative estimate of drug-likeness (QED) is 0.391. The smallest absolute Gasteiger partial charge is 0.125 e. The van der Waals surface area contributed by atoms with Crippen molar-refractivity contribution in [3.8, 4) is 0 Å². The first-order valence-corrected chi connectivity index (χ1v) is 5.96. The third-order valence-corrected chi connectivity index (χ3v) is 1.50. The van der Waals surface area contributed by atoms with E-state index in [2.05, 4.69) is 31.9 Å². The van der Waals surface area contributed by atoms with Crippen LogP contribution in [0.3, 0.4) is 0 Å². The van der Waals surface area contributed by atoms with Crippen LogP contribution < -0.4 is 0 Å². The molecule has 0 saturated carbocycles. The molecule has 0 radical (unpaired) electrons. The van der Waals surface area contributed by atoms with Gasteiger partial charge in [-0.25, -0.2) is 0 Å². The highest BCUT2D eigenvalue weighted by molar-refractivity contribution is 9.09. The van der Waals surface area contributed by atoms with E-state index in [0.717, 1.165) is 10.7 Å². The molecule has 0 rings (SSSR count). The summed E-state index contributed by atoms with van der Waals surface area (Å²) in [6.07, 6.45) is 5.85. The summed E-state index contributed by atoms with van der Waals surface area (Å²) in [6.45, 7) is 1.26. The molecular weight excluding hydrogens is 304 g/mol. The molecule has 0 aromatic rings. The van der Waals surface area contributed by atoms with Gasteiger partial charge in [0.1, 0.15) is 25.0 Å². The summed E-state index contributed by atoms with van der Waals surface area (Å²) < 4.78 is 14.8. The summed E-state index contributed by atoms with van der Waals surface area (Å²) in [7, 11) is 0. The number of hydrogen-bond acceptors (Lipinski definition) is 3. The van der Waals surface area contributed by atoms with Crippen LogP contribution in [0, 0.1) is 0 Å². The lowest BCUT2D eigenvalue weighted by Crippen LogP contribution is -1.87. The second kappa shape index (κ2) is 11.8. The first-order chi connectivity index (χ1) is 6.41. The molecule has 0 unspecified atom stereocenters. The van der Waals surface area contributed by atoms with E-state index in [1.165, 1.54) is 25.0 Å². The van der Waals surface area contributed by atoms with E-state index in [1.54, 1.807) is 0 Å². The zero-order valence-electron chi connectivity index (χ0n) is 7.12. The molecule has 3 nitrogen and oxygen atoms in total. The van der Waals surface area contributed by atoms with E-state index < -0.39 is 0 Å². The highest BCUT2D eigenvalue weighted by atomic mass is 79.9. The first kappa shape index (κ1) is 12.8. The van der Waals surface area contributed by atoms with Crippen molar-refractivity contribution < 1.29 is 14.2 Å². The fraction of sp³-hybridized carbons (Fsp3) is 0.500. The number of halogens is 2. The molecular formula is C8H12Br2O3. The monoisotopic (exact) mass is 314 g/mol. The Bertz CT molecular complexity index is 132. The zero-order valence-corrected chi connectivity index (χ0v) is 10.3. The van der Waals surface area contributed by atoms with Crippen molar-refractivity contribution in [3.05, 3.63) is 25.0 Å². The Morgan fingerprint density at radius 1 is 0.769 bits per heavy atom. The molecule has 0 spiro atoms. The summed E-state index contributed by atoms with van der Waals surface area (Å²) >= 11 is 6.45. The fourth-order valence-corrected chi connectivity index (χ4v) is 0.787. The summed E-state index contributed by atoms with van der Waals surface area (Å²) in [5, 5.41) is 1.61. The van der Waals surface area contributed by atoms with Gasteiger partial charge in [0.2, 0.25) is 0 Å². The van der Waals surface area contributed by atoms with Crippen LogP contribution in [0.25, 0.3) is 0 Å². The third kappa shape index (κ3) is 11.8. The minimum absolute atomic E-state index is 0.629. The Kier molecular flexibility index (Phi) is 11.7. The van der Waals surface area contributed by atoms with Gasteiger partial charge in [0.05, 0.1) is 13.2 Å². The summed E-state index contributed by atoms with van der Waals surface area (Å²) in [4.78, 5) is 0. The van der Waals surface area contributed by atoms with Crippen molar-refractivity contribution in [2.45, 2.75) is 0 Å². The second-order valence-electron chi connectivity index (χ2n) is 1.80. The lowest BCUT2D eigenvalue weighted by molar-refractivity contribution is 0.241. The van der Waals surface area contributed by atoms with Gasteiger partial charge in [-0.3, -0.25) is 0 Å². The molecule has 0 aliphatic carbocycles. The molecule has 0 fully saturated rings. The highest BCUT2D eigenvalue weighted by Gasteiger charge is 1.77. The van der Waals surface area contributed by atoms with Gasteiger partial charge in [-0.15, -0.1) is 0 Å². The van der Waals surface area contributed by atoms with E-state index >= 15 is 0 Å². The van der Waals surface area contributed by atoms with Crippen molar-refractivity contribution in [1.82, 2.24) is 0 Å². The van der Waals surface area contributed by atoms with Gasteiger partial charge < -0.3 is 14.2 Å². The summed E-state index contributed by atoms with van der Waals surface area (Å²) in [6, 6.07) is 0. The van der Waals surface area contributed by atoms with E-state index in [-0.39, 0.29) is 0 Å². The topological polar surface area (TPSA) is 27.7 Å². The Morgan fingerprint density at radius 3 is 1.62 bits per heavy atom. The van der Waals surface area contributed by atoms with E-state index in [4.69, 9.17) is 14.2 Å².